The van der Waals surface area contributed by atoms with Crippen molar-refractivity contribution in [2.75, 3.05) is 7.05 Å². The zero-order chi connectivity index (χ0) is 17.8. The molecule has 1 unspecified atom stereocenters. The fourth-order valence-electron chi connectivity index (χ4n) is 2.14. The molecule has 1 aliphatic carbocycles. The van der Waals surface area contributed by atoms with E-state index in [1.807, 2.05) is 27.0 Å². The van der Waals surface area contributed by atoms with Gasteiger partial charge in [0, 0.05) is 17.3 Å². The minimum Gasteiger partial charge on any atom is -0.386 e. The zero-order valence-electron chi connectivity index (χ0n) is 14.5. The van der Waals surface area contributed by atoms with Crippen LogP contribution in [0.2, 0.25) is 0 Å². The normalized spacial score (nSPS) is 18.6. The van der Waals surface area contributed by atoms with E-state index in [1.165, 1.54) is 11.1 Å². The van der Waals surface area contributed by atoms with Gasteiger partial charge in [0.2, 0.25) is 0 Å². The molecule has 4 N–H and O–H groups in total. The van der Waals surface area contributed by atoms with E-state index in [-0.39, 0.29) is 7.43 Å². The summed E-state index contributed by atoms with van der Waals surface area (Å²) < 4.78 is 0. The molecule has 134 valence electrons. The smallest absolute Gasteiger partial charge is 0.149 e. The standard InChI is InChI=1S/C13H21N3.C6H8O.CH4/c1-9(16-11(3)14)5-6-12-7-8-13(15-4)10(12)2;1-3-4-6(2)5-7;/h5-6,13,15-16H,2-3,7-8,14H2,1,4H3;3-5H,2H2,1H3;1H4/b9-5+,12-6-;4-3-;. The van der Waals surface area contributed by atoms with E-state index in [2.05, 4.69) is 36.4 Å². The van der Waals surface area contributed by atoms with Crippen LogP contribution in [0.15, 0.2) is 72.3 Å². The Hall–Kier alpha value is -2.33. The average molecular weight is 332 g/mol. The maximum absolute atomic E-state index is 9.74. The molecule has 1 saturated carbocycles. The molecule has 0 spiro atoms. The number of aldehydes is 1. The Morgan fingerprint density at radius 3 is 2.38 bits per heavy atom. The van der Waals surface area contributed by atoms with E-state index in [9.17, 15) is 4.79 Å². The monoisotopic (exact) mass is 331 g/mol. The molecule has 0 saturated heterocycles. The number of rotatable bonds is 6. The Bertz CT molecular complexity index is 539. The van der Waals surface area contributed by atoms with Crippen LogP contribution in [-0.2, 0) is 4.79 Å². The molecule has 0 aliphatic heterocycles. The summed E-state index contributed by atoms with van der Waals surface area (Å²) in [6, 6.07) is 0.428. The maximum atomic E-state index is 9.74. The van der Waals surface area contributed by atoms with E-state index in [4.69, 9.17) is 5.73 Å². The molecule has 4 nitrogen and oxygen atoms in total. The number of allylic oxidation sites excluding steroid dienone is 6. The highest BCUT2D eigenvalue weighted by atomic mass is 16.1. The van der Waals surface area contributed by atoms with Gasteiger partial charge in [-0.1, -0.05) is 45.4 Å². The minimum atomic E-state index is 0. The van der Waals surface area contributed by atoms with Crippen molar-refractivity contribution in [3.8, 4) is 0 Å². The second-order valence-corrected chi connectivity index (χ2v) is 5.29. The number of hydrogen-bond donors (Lipinski definition) is 3. The van der Waals surface area contributed by atoms with Gasteiger partial charge in [-0.25, -0.2) is 0 Å². The third-order valence-corrected chi connectivity index (χ3v) is 3.31. The predicted molar refractivity (Wildman–Crippen MR) is 106 cm³/mol. The summed E-state index contributed by atoms with van der Waals surface area (Å²) in [5.74, 6) is 0.463. The van der Waals surface area contributed by atoms with Crippen LogP contribution >= 0.6 is 0 Å². The Morgan fingerprint density at radius 1 is 1.38 bits per heavy atom. The van der Waals surface area contributed by atoms with Crippen molar-refractivity contribution >= 4 is 6.29 Å². The molecule has 24 heavy (non-hydrogen) atoms. The molecule has 0 heterocycles. The average Bonchev–Trinajstić information content (AvgIpc) is 2.85. The van der Waals surface area contributed by atoms with E-state index >= 15 is 0 Å². The van der Waals surface area contributed by atoms with Crippen molar-refractivity contribution in [2.24, 2.45) is 5.73 Å². The molecular weight excluding hydrogens is 298 g/mol. The number of nitrogens with two attached hydrogens (primary N) is 1. The first-order chi connectivity index (χ1) is 10.8. The lowest BCUT2D eigenvalue weighted by Gasteiger charge is -2.08. The number of carbonyl (C=O) groups is 1. The topological polar surface area (TPSA) is 67.2 Å². The summed E-state index contributed by atoms with van der Waals surface area (Å²) >= 11 is 0. The Morgan fingerprint density at radius 2 is 2.00 bits per heavy atom. The van der Waals surface area contributed by atoms with E-state index in [1.54, 1.807) is 12.2 Å². The van der Waals surface area contributed by atoms with Gasteiger partial charge in [-0.05, 0) is 51.0 Å². The van der Waals surface area contributed by atoms with Gasteiger partial charge in [0.05, 0.1) is 5.82 Å². The molecule has 0 amide bonds. The second-order valence-electron chi connectivity index (χ2n) is 5.29. The number of carbonyl (C=O) groups excluding carboxylic acids is 1. The van der Waals surface area contributed by atoms with Crippen molar-refractivity contribution in [3.63, 3.8) is 0 Å². The van der Waals surface area contributed by atoms with Gasteiger partial charge in [0.1, 0.15) is 6.29 Å². The second kappa shape index (κ2) is 13.1. The first kappa shape index (κ1) is 23.9. The first-order valence-corrected chi connectivity index (χ1v) is 7.57. The highest BCUT2D eigenvalue weighted by Crippen LogP contribution is 2.29. The zero-order valence-corrected chi connectivity index (χ0v) is 14.5. The van der Waals surface area contributed by atoms with Gasteiger partial charge < -0.3 is 16.4 Å². The molecule has 0 aromatic heterocycles. The highest BCUT2D eigenvalue weighted by Gasteiger charge is 2.21. The lowest BCUT2D eigenvalue weighted by molar-refractivity contribution is -0.104. The van der Waals surface area contributed by atoms with Crippen molar-refractivity contribution in [3.05, 3.63) is 72.3 Å². The maximum Gasteiger partial charge on any atom is 0.149 e. The molecule has 0 aromatic carbocycles. The summed E-state index contributed by atoms with van der Waals surface area (Å²) in [6.07, 6.45) is 10.5. The molecule has 4 heteroatoms. The van der Waals surface area contributed by atoms with Gasteiger partial charge in [-0.2, -0.15) is 0 Å². The van der Waals surface area contributed by atoms with E-state index in [0.29, 0.717) is 17.4 Å². The fourth-order valence-corrected chi connectivity index (χ4v) is 2.14. The Balaban J connectivity index is 0. The van der Waals surface area contributed by atoms with Crippen LogP contribution in [0.3, 0.4) is 0 Å². The molecule has 0 aromatic rings. The molecule has 1 atom stereocenters. The van der Waals surface area contributed by atoms with Gasteiger partial charge in [-0.3, -0.25) is 4.79 Å². The van der Waals surface area contributed by atoms with Crippen LogP contribution in [0, 0.1) is 0 Å². The minimum absolute atomic E-state index is 0. The van der Waals surface area contributed by atoms with Crippen LogP contribution in [0.4, 0.5) is 0 Å². The number of nitrogens with one attached hydrogen (secondary N) is 2. The molecule has 1 rings (SSSR count). The van der Waals surface area contributed by atoms with Crippen molar-refractivity contribution in [1.82, 2.24) is 10.6 Å². The highest BCUT2D eigenvalue weighted by molar-refractivity contribution is 5.76. The lowest BCUT2D eigenvalue weighted by atomic mass is 10.1. The van der Waals surface area contributed by atoms with Crippen LogP contribution < -0.4 is 16.4 Å². The van der Waals surface area contributed by atoms with Crippen LogP contribution in [-0.4, -0.2) is 19.4 Å². The lowest BCUT2D eigenvalue weighted by Crippen LogP contribution is -2.22. The SMILES string of the molecule is C.C=C(C=O)/C=C\C.C=C(N)N/C(C)=C/C=C1/CCC(NC)C1=C. The third kappa shape index (κ3) is 9.64. The molecule has 0 radical (unpaired) electrons. The largest absolute Gasteiger partial charge is 0.386 e. The van der Waals surface area contributed by atoms with Gasteiger partial charge in [-0.15, -0.1) is 0 Å². The van der Waals surface area contributed by atoms with Crippen LogP contribution in [0.5, 0.6) is 0 Å². The predicted octanol–water partition coefficient (Wildman–Crippen LogP) is 3.73. The third-order valence-electron chi connectivity index (χ3n) is 3.31. The molecule has 0 bridgehead atoms. The summed E-state index contributed by atoms with van der Waals surface area (Å²) in [5.41, 5.74) is 9.46. The summed E-state index contributed by atoms with van der Waals surface area (Å²) in [5, 5.41) is 6.21. The summed E-state index contributed by atoms with van der Waals surface area (Å²) in [6.45, 7) is 14.9. The first-order valence-electron chi connectivity index (χ1n) is 7.57. The summed E-state index contributed by atoms with van der Waals surface area (Å²) in [4.78, 5) is 9.74. The van der Waals surface area contributed by atoms with Crippen molar-refractivity contribution in [1.29, 1.82) is 0 Å². The van der Waals surface area contributed by atoms with E-state index < -0.39 is 0 Å². The van der Waals surface area contributed by atoms with Gasteiger partial charge in [0.25, 0.3) is 0 Å². The summed E-state index contributed by atoms with van der Waals surface area (Å²) in [7, 11) is 1.97. The Kier molecular flexibility index (Phi) is 13.1. The molecular formula is C20H33N3O. The van der Waals surface area contributed by atoms with E-state index in [0.717, 1.165) is 24.8 Å². The van der Waals surface area contributed by atoms with Gasteiger partial charge >= 0.3 is 0 Å². The molecule has 1 aliphatic rings. The number of hydrogen-bond acceptors (Lipinski definition) is 4. The fraction of sp³-hybridized carbons (Fsp3) is 0.350. The quantitative estimate of drug-likeness (QED) is 0.394. The Labute approximate surface area is 147 Å². The van der Waals surface area contributed by atoms with Crippen molar-refractivity contribution < 1.29 is 4.79 Å². The van der Waals surface area contributed by atoms with Crippen molar-refractivity contribution in [2.45, 2.75) is 40.2 Å². The number of likely N-dealkylation sites (N-methyl/N-ethyl adjacent to an activating group) is 1. The van der Waals surface area contributed by atoms with Gasteiger partial charge in [0.15, 0.2) is 0 Å². The van der Waals surface area contributed by atoms with Crippen LogP contribution in [0.25, 0.3) is 0 Å². The molecule has 1 fully saturated rings. The van der Waals surface area contributed by atoms with Crippen LogP contribution in [0.1, 0.15) is 34.1 Å².